The van der Waals surface area contributed by atoms with Crippen LogP contribution in [-0.2, 0) is 42.9 Å². The lowest BCUT2D eigenvalue weighted by molar-refractivity contribution is -0.385. The molecule has 2 heterocycles. The number of hydrogen-bond acceptors (Lipinski definition) is 15. The third kappa shape index (κ3) is 10.9. The first-order valence-electron chi connectivity index (χ1n) is 17.9. The second-order valence-corrected chi connectivity index (χ2v) is 13.5. The van der Waals surface area contributed by atoms with Gasteiger partial charge >= 0.3 is 23.9 Å². The fraction of sp³-hybridized carbons (Fsp3) is 0.400. The number of nitrogens with one attached hydrogen (secondary N) is 2. The predicted molar refractivity (Wildman–Crippen MR) is 206 cm³/mol. The molecule has 2 aliphatic heterocycles. The number of methoxy groups -OCH3 is 2. The van der Waals surface area contributed by atoms with Gasteiger partial charge < -0.3 is 34.3 Å². The highest BCUT2D eigenvalue weighted by Gasteiger charge is 2.41. The van der Waals surface area contributed by atoms with Crippen LogP contribution in [0.4, 0.5) is 11.4 Å². The lowest BCUT2D eigenvalue weighted by Gasteiger charge is -2.30. The third-order valence-electron chi connectivity index (χ3n) is 8.65. The molecule has 2 aromatic carbocycles. The van der Waals surface area contributed by atoms with E-state index in [1.807, 2.05) is 0 Å². The van der Waals surface area contributed by atoms with Gasteiger partial charge in [-0.25, -0.2) is 19.2 Å². The maximum absolute atomic E-state index is 12.9. The third-order valence-corrected chi connectivity index (χ3v) is 8.65. The summed E-state index contributed by atoms with van der Waals surface area (Å²) in [5.41, 5.74) is 2.88. The van der Waals surface area contributed by atoms with E-state index in [1.165, 1.54) is 50.6 Å². The van der Waals surface area contributed by atoms with Crippen LogP contribution in [0, 0.1) is 20.2 Å². The summed E-state index contributed by atoms with van der Waals surface area (Å²) in [7, 11) is 2.70. The van der Waals surface area contributed by atoms with Crippen molar-refractivity contribution < 1.29 is 52.7 Å². The molecule has 0 spiro atoms. The number of nitrogens with zero attached hydrogens (tertiary/aromatic N) is 2. The van der Waals surface area contributed by atoms with Gasteiger partial charge in [-0.15, -0.1) is 0 Å². The molecule has 4 rings (SSSR count). The lowest BCUT2D eigenvalue weighted by Crippen LogP contribution is -2.33. The van der Waals surface area contributed by atoms with E-state index < -0.39 is 51.7 Å². The van der Waals surface area contributed by atoms with E-state index in [-0.39, 0.29) is 58.5 Å². The smallest absolute Gasteiger partial charge is 0.337 e. The van der Waals surface area contributed by atoms with E-state index in [0.29, 0.717) is 28.4 Å². The van der Waals surface area contributed by atoms with Crippen molar-refractivity contribution in [1.82, 2.24) is 10.6 Å². The monoisotopic (exact) mass is 792 g/mol. The number of carbonyl (C=O) groups excluding carboxylic acids is 4. The number of hydrogen-bond donors (Lipinski definition) is 2. The summed E-state index contributed by atoms with van der Waals surface area (Å²) in [6.07, 6.45) is -0.773. The number of esters is 4. The molecule has 2 N–H and O–H groups in total. The van der Waals surface area contributed by atoms with Crippen LogP contribution in [0.3, 0.4) is 0 Å². The van der Waals surface area contributed by atoms with Gasteiger partial charge in [0.05, 0.1) is 69.9 Å². The summed E-state index contributed by atoms with van der Waals surface area (Å²) >= 11 is 0. The zero-order chi connectivity index (χ0) is 42.7. The Balaban J connectivity index is 0.000000307. The van der Waals surface area contributed by atoms with Crippen molar-refractivity contribution in [2.45, 2.75) is 79.4 Å². The average Bonchev–Trinajstić information content (AvgIpc) is 3.13. The molecule has 0 bridgehead atoms. The number of carbonyl (C=O) groups is 4. The molecule has 0 amide bonds. The molecule has 17 nitrogen and oxygen atoms in total. The van der Waals surface area contributed by atoms with Gasteiger partial charge in [-0.1, -0.05) is 30.3 Å². The molecule has 306 valence electrons. The average molecular weight is 793 g/mol. The zero-order valence-electron chi connectivity index (χ0n) is 33.5. The Morgan fingerprint density at radius 1 is 0.649 bits per heavy atom. The zero-order valence-corrected chi connectivity index (χ0v) is 33.5. The van der Waals surface area contributed by atoms with Crippen LogP contribution in [0.25, 0.3) is 0 Å². The number of nitro groups is 2. The number of para-hydroxylation sites is 1. The Morgan fingerprint density at radius 3 is 1.61 bits per heavy atom. The minimum Gasteiger partial charge on any atom is -0.466 e. The van der Waals surface area contributed by atoms with Crippen molar-refractivity contribution in [3.63, 3.8) is 0 Å². The minimum absolute atomic E-state index is 0.0300. The van der Waals surface area contributed by atoms with Gasteiger partial charge in [0.1, 0.15) is 6.61 Å². The number of non-ortho nitro benzene ring substituents is 1. The summed E-state index contributed by atoms with van der Waals surface area (Å²) in [6, 6.07) is 11.9. The minimum atomic E-state index is -0.980. The number of benzene rings is 2. The Morgan fingerprint density at radius 2 is 1.14 bits per heavy atom. The van der Waals surface area contributed by atoms with Crippen molar-refractivity contribution in [3.8, 4) is 0 Å². The normalized spacial score (nSPS) is 16.6. The van der Waals surface area contributed by atoms with Crippen LogP contribution in [0.15, 0.2) is 93.6 Å². The van der Waals surface area contributed by atoms with Gasteiger partial charge in [0.2, 0.25) is 0 Å². The molecule has 2 atom stereocenters. The van der Waals surface area contributed by atoms with Crippen LogP contribution in [0.1, 0.15) is 78.4 Å². The van der Waals surface area contributed by atoms with Crippen molar-refractivity contribution in [2.75, 3.05) is 27.4 Å². The van der Waals surface area contributed by atoms with E-state index in [9.17, 15) is 39.4 Å². The van der Waals surface area contributed by atoms with E-state index in [2.05, 4.69) is 10.6 Å². The van der Waals surface area contributed by atoms with E-state index >= 15 is 0 Å². The molecule has 57 heavy (non-hydrogen) atoms. The molecule has 2 aromatic rings. The standard InChI is InChI=1S/C21H26N2O7.C19H22N2O6/c1-12(2)30-21(25)18-14(4)22-13(3)17(20(24)29-10-9-28-5)19(18)15-7-6-8-16(11-15)23(26)27;1-10(2)27-19(23)16-12(4)20-11(3)15(18(22)26-5)17(16)13-8-6-7-9-14(13)21(24)25/h6-8,11-12,19,22H,9-10H2,1-5H3;6-10,17,20H,1-5H3. The second-order valence-electron chi connectivity index (χ2n) is 13.5. The van der Waals surface area contributed by atoms with Gasteiger partial charge in [0, 0.05) is 53.7 Å². The summed E-state index contributed by atoms with van der Waals surface area (Å²) in [4.78, 5) is 72.8. The number of rotatable bonds is 13. The van der Waals surface area contributed by atoms with E-state index in [4.69, 9.17) is 23.7 Å². The van der Waals surface area contributed by atoms with Crippen LogP contribution in [0.2, 0.25) is 0 Å². The predicted octanol–water partition coefficient (Wildman–Crippen LogP) is 5.93. The molecule has 0 saturated carbocycles. The van der Waals surface area contributed by atoms with E-state index in [0.717, 1.165) is 0 Å². The molecular formula is C40H48N4O13. The SMILES string of the molecule is COC(=O)C1=C(C)NC(C)=C(C(=O)OC(C)C)C1c1ccccc1[N+](=O)[O-].COCCOC(=O)C1=C(C)NC(C)=C(C(=O)OC(C)C)C1c1cccc([N+](=O)[O-])c1. The van der Waals surface area contributed by atoms with Gasteiger partial charge in [-0.2, -0.15) is 0 Å². The number of ether oxygens (including phenoxy) is 5. The largest absolute Gasteiger partial charge is 0.466 e. The second kappa shape index (κ2) is 20.0. The van der Waals surface area contributed by atoms with Crippen molar-refractivity contribution in [1.29, 1.82) is 0 Å². The first-order valence-corrected chi connectivity index (χ1v) is 17.9. The van der Waals surface area contributed by atoms with Crippen molar-refractivity contribution in [2.24, 2.45) is 0 Å². The highest BCUT2D eigenvalue weighted by atomic mass is 16.6. The Hall–Kier alpha value is -6.36. The molecule has 0 radical (unpaired) electrons. The summed E-state index contributed by atoms with van der Waals surface area (Å²) in [6.45, 7) is 13.8. The fourth-order valence-electron chi connectivity index (χ4n) is 6.39. The van der Waals surface area contributed by atoms with E-state index in [1.54, 1.807) is 67.5 Å². The number of allylic oxidation sites excluding steroid dienone is 4. The quantitative estimate of drug-likeness (QED) is 0.0789. The van der Waals surface area contributed by atoms with Crippen molar-refractivity contribution >= 4 is 35.3 Å². The highest BCUT2D eigenvalue weighted by molar-refractivity contribution is 6.01. The molecule has 2 unspecified atom stereocenters. The van der Waals surface area contributed by atoms with Gasteiger partial charge in [-0.05, 0) is 61.0 Å². The first kappa shape index (κ1) is 45.0. The molecule has 0 fully saturated rings. The molecule has 17 heteroatoms. The Labute approximate surface area is 330 Å². The molecule has 0 saturated heterocycles. The van der Waals surface area contributed by atoms with Crippen LogP contribution >= 0.6 is 0 Å². The molecule has 0 aromatic heterocycles. The van der Waals surface area contributed by atoms with Gasteiger partial charge in [0.15, 0.2) is 0 Å². The summed E-state index contributed by atoms with van der Waals surface area (Å²) in [5, 5.41) is 28.9. The van der Waals surface area contributed by atoms with Crippen LogP contribution in [-0.4, -0.2) is 73.4 Å². The number of nitro benzene ring substituents is 2. The van der Waals surface area contributed by atoms with Crippen molar-refractivity contribution in [3.05, 3.63) is 125 Å². The van der Waals surface area contributed by atoms with Gasteiger partial charge in [0.25, 0.3) is 11.4 Å². The highest BCUT2D eigenvalue weighted by Crippen LogP contribution is 2.43. The lowest BCUT2D eigenvalue weighted by atomic mass is 9.79. The summed E-state index contributed by atoms with van der Waals surface area (Å²) in [5.74, 6) is -4.44. The molecular weight excluding hydrogens is 744 g/mol. The fourth-order valence-corrected chi connectivity index (χ4v) is 6.39. The topological polar surface area (TPSA) is 225 Å². The number of dihydropyridines is 2. The first-order chi connectivity index (χ1) is 26.9. The Kier molecular flexibility index (Phi) is 15.8. The van der Waals surface area contributed by atoms with Crippen LogP contribution in [0.5, 0.6) is 0 Å². The maximum Gasteiger partial charge on any atom is 0.337 e. The van der Waals surface area contributed by atoms with Gasteiger partial charge in [-0.3, -0.25) is 20.2 Å². The maximum atomic E-state index is 12.9. The van der Waals surface area contributed by atoms with Crippen LogP contribution < -0.4 is 10.6 Å². The molecule has 2 aliphatic rings. The Bertz CT molecular complexity index is 2040. The summed E-state index contributed by atoms with van der Waals surface area (Å²) < 4.78 is 25.8. The molecule has 0 aliphatic carbocycles.